The fourth-order valence-corrected chi connectivity index (χ4v) is 4.85. The van der Waals surface area contributed by atoms with E-state index in [2.05, 4.69) is 19.9 Å². The lowest BCUT2D eigenvalue weighted by molar-refractivity contribution is -0.132. The Hall–Kier alpha value is -3.29. The predicted molar refractivity (Wildman–Crippen MR) is 111 cm³/mol. The molecule has 2 aliphatic rings. The van der Waals surface area contributed by atoms with E-state index in [4.69, 9.17) is 4.98 Å². The molecule has 4 heterocycles. The number of amides is 1. The second-order valence-electron chi connectivity index (χ2n) is 8.33. The van der Waals surface area contributed by atoms with Gasteiger partial charge in [0.1, 0.15) is 5.82 Å². The molecule has 0 aromatic carbocycles. The van der Waals surface area contributed by atoms with Crippen LogP contribution in [0.3, 0.4) is 0 Å². The van der Waals surface area contributed by atoms with Crippen molar-refractivity contribution in [2.45, 2.75) is 44.4 Å². The summed E-state index contributed by atoms with van der Waals surface area (Å²) in [6.07, 6.45) is 8.71. The number of piperidine rings is 1. The van der Waals surface area contributed by atoms with Gasteiger partial charge in [-0.1, -0.05) is 0 Å². The quantitative estimate of drug-likeness (QED) is 0.693. The number of likely N-dealkylation sites (tertiary alicyclic amines) is 1. The van der Waals surface area contributed by atoms with E-state index in [9.17, 15) is 9.59 Å². The molecule has 3 aromatic rings. The lowest BCUT2D eigenvalue weighted by Crippen LogP contribution is -2.48. The first-order valence-electron chi connectivity index (χ1n) is 10.4. The van der Waals surface area contributed by atoms with E-state index in [1.54, 1.807) is 18.7 Å². The van der Waals surface area contributed by atoms with Crippen molar-refractivity contribution < 1.29 is 4.79 Å². The lowest BCUT2D eigenvalue weighted by atomic mass is 9.77. The lowest BCUT2D eigenvalue weighted by Gasteiger charge is -2.40. The number of nitrogens with zero attached hydrogens (tertiary/aromatic N) is 4. The molecule has 30 heavy (non-hydrogen) atoms. The zero-order valence-corrected chi connectivity index (χ0v) is 16.9. The first-order valence-corrected chi connectivity index (χ1v) is 10.4. The highest BCUT2D eigenvalue weighted by atomic mass is 16.2. The number of carbonyl (C=O) groups excluding carboxylic acids is 1. The summed E-state index contributed by atoms with van der Waals surface area (Å²) < 4.78 is 0. The third-order valence-electron chi connectivity index (χ3n) is 6.49. The van der Waals surface area contributed by atoms with Crippen LogP contribution in [0.4, 0.5) is 0 Å². The van der Waals surface area contributed by atoms with E-state index in [0.717, 1.165) is 54.0 Å². The molecule has 1 spiro atoms. The number of rotatable bonds is 3. The molecular weight excluding hydrogens is 380 g/mol. The van der Waals surface area contributed by atoms with Crippen LogP contribution in [0, 0.1) is 6.92 Å². The highest BCUT2D eigenvalue weighted by Crippen LogP contribution is 2.43. The average molecular weight is 404 g/mol. The zero-order valence-electron chi connectivity index (χ0n) is 16.9. The van der Waals surface area contributed by atoms with Crippen LogP contribution in [-0.4, -0.2) is 48.8 Å². The molecule has 0 saturated carbocycles. The maximum atomic E-state index is 13.0. The summed E-state index contributed by atoms with van der Waals surface area (Å²) in [5.74, 6) is 0.624. The summed E-state index contributed by atoms with van der Waals surface area (Å²) in [6, 6.07) is 3.72. The van der Waals surface area contributed by atoms with E-state index in [-0.39, 0.29) is 16.9 Å². The number of imidazole rings is 1. The largest absolute Gasteiger partial charge is 0.348 e. The molecule has 0 radical (unpaired) electrons. The van der Waals surface area contributed by atoms with E-state index in [1.165, 1.54) is 0 Å². The number of hydrogen-bond donors (Lipinski definition) is 2. The van der Waals surface area contributed by atoms with Gasteiger partial charge in [0.2, 0.25) is 5.91 Å². The Bertz CT molecular complexity index is 1150. The molecular formula is C22H24N6O2. The minimum Gasteiger partial charge on any atom is -0.348 e. The van der Waals surface area contributed by atoms with Crippen molar-refractivity contribution in [2.24, 2.45) is 0 Å². The molecule has 1 atom stereocenters. The predicted octanol–water partition coefficient (Wildman–Crippen LogP) is 1.91. The van der Waals surface area contributed by atoms with Crippen LogP contribution in [0.15, 0.2) is 35.6 Å². The number of carbonyl (C=O) groups is 1. The summed E-state index contributed by atoms with van der Waals surface area (Å²) in [5.41, 5.74) is 3.80. The molecule has 2 N–H and O–H groups in total. The Labute approximate surface area is 173 Å². The normalized spacial score (nSPS) is 20.5. The van der Waals surface area contributed by atoms with Gasteiger partial charge < -0.3 is 14.9 Å². The molecule has 1 saturated heterocycles. The van der Waals surface area contributed by atoms with E-state index < -0.39 is 0 Å². The van der Waals surface area contributed by atoms with Crippen molar-refractivity contribution in [1.82, 2.24) is 29.8 Å². The number of hydrogen-bond acceptors (Lipinski definition) is 5. The van der Waals surface area contributed by atoms with Crippen LogP contribution in [0.1, 0.15) is 41.9 Å². The summed E-state index contributed by atoms with van der Waals surface area (Å²) in [4.78, 5) is 47.0. The van der Waals surface area contributed by atoms with Crippen LogP contribution in [0.25, 0.3) is 11.4 Å². The molecule has 8 nitrogen and oxygen atoms in total. The Morgan fingerprint density at radius 2 is 2.23 bits per heavy atom. The molecule has 1 fully saturated rings. The molecule has 8 heteroatoms. The van der Waals surface area contributed by atoms with Crippen LogP contribution in [-0.2, 0) is 23.1 Å². The van der Waals surface area contributed by atoms with Crippen molar-refractivity contribution >= 4 is 5.91 Å². The number of fused-ring (bicyclic) bond motifs is 2. The van der Waals surface area contributed by atoms with Gasteiger partial charge in [-0.2, -0.15) is 0 Å². The van der Waals surface area contributed by atoms with Gasteiger partial charge in [0.05, 0.1) is 24.1 Å². The number of aryl methyl sites for hydroxylation is 1. The van der Waals surface area contributed by atoms with Gasteiger partial charge in [0, 0.05) is 47.7 Å². The fourth-order valence-electron chi connectivity index (χ4n) is 4.85. The number of nitrogens with one attached hydrogen (secondary N) is 2. The smallest absolute Gasteiger partial charge is 0.254 e. The van der Waals surface area contributed by atoms with Crippen molar-refractivity contribution in [2.75, 3.05) is 13.1 Å². The van der Waals surface area contributed by atoms with Crippen molar-refractivity contribution in [3.63, 3.8) is 0 Å². The summed E-state index contributed by atoms with van der Waals surface area (Å²) in [6.45, 7) is 3.26. The molecule has 1 unspecified atom stereocenters. The summed E-state index contributed by atoms with van der Waals surface area (Å²) in [7, 11) is 0. The molecule has 1 aliphatic carbocycles. The Kier molecular flexibility index (Phi) is 4.49. The SMILES string of the molecule is Cc1[nH]cnc1CC(=O)N1CCCC2(CCc3c2nc(-c2cccnc2)[nH]c3=O)C1. The van der Waals surface area contributed by atoms with Gasteiger partial charge in [-0.25, -0.2) is 9.97 Å². The Balaban J connectivity index is 1.46. The maximum absolute atomic E-state index is 13.0. The van der Waals surface area contributed by atoms with Crippen molar-refractivity contribution in [3.8, 4) is 11.4 Å². The standard InChI is InChI=1S/C22H24N6O2/c1-14-17(25-13-24-14)10-18(29)28-9-3-6-22(12-28)7-5-16-19(22)26-20(27-21(16)30)15-4-2-8-23-11-15/h2,4,8,11,13H,3,5-7,9-10,12H2,1H3,(H,24,25)(H,26,27,30). The Morgan fingerprint density at radius 3 is 3.00 bits per heavy atom. The van der Waals surface area contributed by atoms with Crippen LogP contribution >= 0.6 is 0 Å². The fraction of sp³-hybridized carbons (Fsp3) is 0.409. The average Bonchev–Trinajstić information content (AvgIpc) is 3.33. The summed E-state index contributed by atoms with van der Waals surface area (Å²) >= 11 is 0. The molecule has 0 bridgehead atoms. The molecule has 1 amide bonds. The highest BCUT2D eigenvalue weighted by molar-refractivity contribution is 5.79. The van der Waals surface area contributed by atoms with Gasteiger partial charge in [-0.05, 0) is 44.7 Å². The summed E-state index contributed by atoms with van der Waals surface area (Å²) in [5, 5.41) is 0. The van der Waals surface area contributed by atoms with Crippen molar-refractivity contribution in [3.05, 3.63) is 63.9 Å². The third kappa shape index (κ3) is 3.12. The minimum absolute atomic E-state index is 0.0775. The Morgan fingerprint density at radius 1 is 1.33 bits per heavy atom. The van der Waals surface area contributed by atoms with Crippen molar-refractivity contribution in [1.29, 1.82) is 0 Å². The molecule has 154 valence electrons. The minimum atomic E-state index is -0.255. The number of pyridine rings is 1. The second-order valence-corrected chi connectivity index (χ2v) is 8.33. The van der Waals surface area contributed by atoms with Gasteiger partial charge in [0.25, 0.3) is 5.56 Å². The van der Waals surface area contributed by atoms with Gasteiger partial charge in [-0.3, -0.25) is 14.6 Å². The third-order valence-corrected chi connectivity index (χ3v) is 6.49. The number of aromatic nitrogens is 5. The van der Waals surface area contributed by atoms with Crippen LogP contribution in [0.5, 0.6) is 0 Å². The van der Waals surface area contributed by atoms with E-state index >= 15 is 0 Å². The maximum Gasteiger partial charge on any atom is 0.254 e. The number of aromatic amines is 2. The molecule has 5 rings (SSSR count). The van der Waals surface area contributed by atoms with Gasteiger partial charge >= 0.3 is 0 Å². The first kappa shape index (κ1) is 18.7. The molecule has 1 aliphatic heterocycles. The van der Waals surface area contributed by atoms with Gasteiger partial charge in [-0.15, -0.1) is 0 Å². The molecule has 3 aromatic heterocycles. The number of H-pyrrole nitrogens is 2. The van der Waals surface area contributed by atoms with Gasteiger partial charge in [0.15, 0.2) is 0 Å². The zero-order chi connectivity index (χ0) is 20.7. The second kappa shape index (κ2) is 7.19. The topological polar surface area (TPSA) is 108 Å². The van der Waals surface area contributed by atoms with Crippen LogP contribution < -0.4 is 5.56 Å². The monoisotopic (exact) mass is 404 g/mol. The van der Waals surface area contributed by atoms with Crippen LogP contribution in [0.2, 0.25) is 0 Å². The van der Waals surface area contributed by atoms with E-state index in [0.29, 0.717) is 25.2 Å². The van der Waals surface area contributed by atoms with E-state index in [1.807, 2.05) is 24.0 Å². The highest BCUT2D eigenvalue weighted by Gasteiger charge is 2.45. The first-order chi connectivity index (χ1) is 14.6.